The van der Waals surface area contributed by atoms with E-state index in [9.17, 15) is 14.0 Å². The van der Waals surface area contributed by atoms with Crippen molar-refractivity contribution in [1.82, 2.24) is 5.32 Å². The van der Waals surface area contributed by atoms with E-state index in [0.717, 1.165) is 6.07 Å². The van der Waals surface area contributed by atoms with Gasteiger partial charge in [0.2, 0.25) is 0 Å². The van der Waals surface area contributed by atoms with Crippen LogP contribution in [-0.2, 0) is 9.53 Å². The Hall–Kier alpha value is -1.38. The number of carboxylic acids is 1. The smallest absolute Gasteiger partial charge is 0.408 e. The van der Waals surface area contributed by atoms with Crippen LogP contribution in [0.25, 0.3) is 0 Å². The van der Waals surface area contributed by atoms with Gasteiger partial charge >= 0.3 is 12.1 Å². The second-order valence-corrected chi connectivity index (χ2v) is 6.33. The van der Waals surface area contributed by atoms with Gasteiger partial charge in [0.25, 0.3) is 0 Å². The van der Waals surface area contributed by atoms with E-state index in [2.05, 4.69) is 5.32 Å². The number of benzene rings is 1. The first-order valence-corrected chi connectivity index (χ1v) is 6.85. The van der Waals surface area contributed by atoms with Crippen molar-refractivity contribution in [3.8, 4) is 0 Å². The van der Waals surface area contributed by atoms with Crippen LogP contribution in [0, 0.1) is 9.39 Å². The number of ether oxygens (including phenoxy) is 1. The Morgan fingerprint density at radius 2 is 2.00 bits per heavy atom. The van der Waals surface area contributed by atoms with Crippen LogP contribution in [0.5, 0.6) is 0 Å². The maximum atomic E-state index is 13.7. The molecule has 0 heterocycles. The lowest BCUT2D eigenvalue weighted by molar-refractivity contribution is -0.139. The van der Waals surface area contributed by atoms with Gasteiger partial charge in [-0.1, -0.05) is 0 Å². The summed E-state index contributed by atoms with van der Waals surface area (Å²) in [5.74, 6) is -2.06. The third-order valence-corrected chi connectivity index (χ3v) is 2.85. The molecular formula is C13H15FINO4. The first kappa shape index (κ1) is 16.7. The summed E-state index contributed by atoms with van der Waals surface area (Å²) in [4.78, 5) is 22.8. The second kappa shape index (κ2) is 6.38. The molecule has 0 radical (unpaired) electrons. The van der Waals surface area contributed by atoms with Gasteiger partial charge in [0, 0.05) is 9.13 Å². The highest BCUT2D eigenvalue weighted by molar-refractivity contribution is 14.1. The van der Waals surface area contributed by atoms with Crippen LogP contribution in [0.1, 0.15) is 32.4 Å². The van der Waals surface area contributed by atoms with Crippen molar-refractivity contribution >= 4 is 34.7 Å². The molecule has 1 aromatic rings. The van der Waals surface area contributed by atoms with Crippen molar-refractivity contribution in [2.45, 2.75) is 32.4 Å². The van der Waals surface area contributed by atoms with E-state index < -0.39 is 29.5 Å². The number of carbonyl (C=O) groups excluding carboxylic acids is 1. The Balaban J connectivity index is 2.98. The summed E-state index contributed by atoms with van der Waals surface area (Å²) in [5.41, 5.74) is -0.883. The molecule has 0 fully saturated rings. The molecule has 0 aliphatic heterocycles. The number of carbonyl (C=O) groups is 2. The summed E-state index contributed by atoms with van der Waals surface area (Å²) in [5, 5.41) is 11.3. The lowest BCUT2D eigenvalue weighted by Crippen LogP contribution is -2.38. The fourth-order valence-electron chi connectivity index (χ4n) is 1.43. The summed E-state index contributed by atoms with van der Waals surface area (Å²) in [6.07, 6.45) is -0.914. The second-order valence-electron chi connectivity index (χ2n) is 5.08. The van der Waals surface area contributed by atoms with Gasteiger partial charge < -0.3 is 15.2 Å². The lowest BCUT2D eigenvalue weighted by atomic mass is 10.1. The largest absolute Gasteiger partial charge is 0.479 e. The molecule has 0 aliphatic rings. The first-order chi connectivity index (χ1) is 9.10. The molecule has 0 spiro atoms. The van der Waals surface area contributed by atoms with E-state index in [0.29, 0.717) is 3.57 Å². The Bertz CT molecular complexity index is 528. The minimum Gasteiger partial charge on any atom is -0.479 e. The molecule has 0 saturated heterocycles. The molecule has 1 rings (SSSR count). The standard InChI is InChI=1S/C13H15FINO4/c1-13(2,3)20-12(19)16-10(11(17)18)8-6-7(15)4-5-9(8)14/h4-6,10H,1-3H3,(H,16,19)(H,17,18). The fourth-order valence-corrected chi connectivity index (χ4v) is 1.95. The van der Waals surface area contributed by atoms with Crippen LogP contribution in [0.3, 0.4) is 0 Å². The Morgan fingerprint density at radius 3 is 2.50 bits per heavy atom. The summed E-state index contributed by atoms with van der Waals surface area (Å²) in [6, 6.07) is 2.53. The van der Waals surface area contributed by atoms with Crippen molar-refractivity contribution < 1.29 is 23.8 Å². The molecule has 7 heteroatoms. The topological polar surface area (TPSA) is 75.6 Å². The number of hydrogen-bond donors (Lipinski definition) is 2. The molecule has 2 N–H and O–H groups in total. The van der Waals surface area contributed by atoms with Crippen LogP contribution in [0.2, 0.25) is 0 Å². The van der Waals surface area contributed by atoms with Crippen molar-refractivity contribution in [3.63, 3.8) is 0 Å². The SMILES string of the molecule is CC(C)(C)OC(=O)NC(C(=O)O)c1cc(I)ccc1F. The predicted octanol–water partition coefficient (Wildman–Crippen LogP) is 3.08. The summed E-state index contributed by atoms with van der Waals surface area (Å²) in [7, 11) is 0. The molecule has 1 amide bonds. The molecule has 0 bridgehead atoms. The molecule has 110 valence electrons. The van der Waals surface area contributed by atoms with Crippen LogP contribution >= 0.6 is 22.6 Å². The number of carboxylic acid groups (broad SMARTS) is 1. The minimum absolute atomic E-state index is 0.116. The zero-order valence-electron chi connectivity index (χ0n) is 11.2. The quantitative estimate of drug-likeness (QED) is 0.772. The van der Waals surface area contributed by atoms with E-state index in [4.69, 9.17) is 9.84 Å². The van der Waals surface area contributed by atoms with E-state index >= 15 is 0 Å². The Labute approximate surface area is 129 Å². The highest BCUT2D eigenvalue weighted by Gasteiger charge is 2.27. The van der Waals surface area contributed by atoms with Gasteiger partial charge in [0.05, 0.1) is 0 Å². The summed E-state index contributed by atoms with van der Waals surface area (Å²) < 4.78 is 19.3. The van der Waals surface area contributed by atoms with Crippen LogP contribution < -0.4 is 5.32 Å². The molecule has 0 aromatic heterocycles. The number of halogens is 2. The zero-order valence-corrected chi connectivity index (χ0v) is 13.4. The molecule has 0 aliphatic carbocycles. The van der Waals surface area contributed by atoms with E-state index in [1.165, 1.54) is 12.1 Å². The molecule has 1 aromatic carbocycles. The number of amides is 1. The number of alkyl carbamates (subject to hydrolysis) is 1. The van der Waals surface area contributed by atoms with Gasteiger partial charge in [-0.2, -0.15) is 0 Å². The lowest BCUT2D eigenvalue weighted by Gasteiger charge is -2.22. The van der Waals surface area contributed by atoms with E-state index in [1.54, 1.807) is 20.8 Å². The number of hydrogen-bond acceptors (Lipinski definition) is 3. The van der Waals surface area contributed by atoms with Crippen molar-refractivity contribution in [3.05, 3.63) is 33.1 Å². The summed E-state index contributed by atoms with van der Waals surface area (Å²) in [6.45, 7) is 4.94. The number of aliphatic carboxylic acids is 1. The maximum absolute atomic E-state index is 13.7. The maximum Gasteiger partial charge on any atom is 0.408 e. The molecular weight excluding hydrogens is 380 g/mol. The van der Waals surface area contributed by atoms with E-state index in [-0.39, 0.29) is 5.56 Å². The normalized spacial score (nSPS) is 12.7. The van der Waals surface area contributed by atoms with E-state index in [1.807, 2.05) is 22.6 Å². The zero-order chi connectivity index (χ0) is 15.5. The highest BCUT2D eigenvalue weighted by Crippen LogP contribution is 2.21. The van der Waals surface area contributed by atoms with Gasteiger partial charge in [-0.25, -0.2) is 14.0 Å². The molecule has 1 unspecified atom stereocenters. The van der Waals surface area contributed by atoms with Crippen LogP contribution in [0.15, 0.2) is 18.2 Å². The molecule has 5 nitrogen and oxygen atoms in total. The Morgan fingerprint density at radius 1 is 1.40 bits per heavy atom. The summed E-state index contributed by atoms with van der Waals surface area (Å²) >= 11 is 1.93. The molecule has 20 heavy (non-hydrogen) atoms. The van der Waals surface area contributed by atoms with Crippen LogP contribution in [0.4, 0.5) is 9.18 Å². The average Bonchev–Trinajstić information content (AvgIpc) is 2.27. The third kappa shape index (κ3) is 4.95. The van der Waals surface area contributed by atoms with Crippen LogP contribution in [-0.4, -0.2) is 22.8 Å². The average molecular weight is 395 g/mol. The number of rotatable bonds is 3. The Kier molecular flexibility index (Phi) is 5.32. The van der Waals surface area contributed by atoms with Crippen molar-refractivity contribution in [2.75, 3.05) is 0 Å². The van der Waals surface area contributed by atoms with Crippen molar-refractivity contribution in [2.24, 2.45) is 0 Å². The van der Waals surface area contributed by atoms with Gasteiger partial charge in [-0.05, 0) is 61.6 Å². The number of nitrogens with one attached hydrogen (secondary N) is 1. The highest BCUT2D eigenvalue weighted by atomic mass is 127. The fraction of sp³-hybridized carbons (Fsp3) is 0.385. The van der Waals surface area contributed by atoms with Gasteiger partial charge in [0.1, 0.15) is 11.4 Å². The minimum atomic E-state index is -1.50. The third-order valence-electron chi connectivity index (χ3n) is 2.18. The van der Waals surface area contributed by atoms with Gasteiger partial charge in [0.15, 0.2) is 6.04 Å². The van der Waals surface area contributed by atoms with Crippen molar-refractivity contribution in [1.29, 1.82) is 0 Å². The molecule has 0 saturated carbocycles. The van der Waals surface area contributed by atoms with Gasteiger partial charge in [-0.15, -0.1) is 0 Å². The monoisotopic (exact) mass is 395 g/mol. The van der Waals surface area contributed by atoms with Gasteiger partial charge in [-0.3, -0.25) is 0 Å². The first-order valence-electron chi connectivity index (χ1n) is 5.77. The predicted molar refractivity (Wildman–Crippen MR) is 78.9 cm³/mol. The molecule has 1 atom stereocenters.